The highest BCUT2D eigenvalue weighted by Crippen LogP contribution is 2.04. The van der Waals surface area contributed by atoms with E-state index in [4.69, 9.17) is 45.9 Å². The Kier molecular flexibility index (Phi) is 64.3. The van der Waals surface area contributed by atoms with Crippen molar-refractivity contribution in [2.24, 2.45) is 45.9 Å². The third-order valence-corrected chi connectivity index (χ3v) is 16.2. The Labute approximate surface area is 622 Å². The number of carbonyl (C=O) groups excluding carboxylic acids is 12. The summed E-state index contributed by atoms with van der Waals surface area (Å²) in [7, 11) is 0. The van der Waals surface area contributed by atoms with Gasteiger partial charge in [-0.2, -0.15) is 0 Å². The first-order chi connectivity index (χ1) is 50.7. The van der Waals surface area contributed by atoms with Gasteiger partial charge in [-0.3, -0.25) is 57.5 Å². The first-order valence-electron chi connectivity index (χ1n) is 37.6. The number of amides is 12. The largest absolute Gasteiger partial charge is 0.355 e. The lowest BCUT2D eigenvalue weighted by molar-refractivity contribution is -0.123. The van der Waals surface area contributed by atoms with Crippen molar-refractivity contribution in [2.75, 3.05) is 262 Å². The topological polar surface area (TPSA) is 589 Å². The van der Waals surface area contributed by atoms with Crippen molar-refractivity contribution in [1.82, 2.24) is 98.5 Å². The summed E-state index contributed by atoms with van der Waals surface area (Å²) in [5.74, 6) is -2.34. The second kappa shape index (κ2) is 68.8. The lowest BCUT2D eigenvalue weighted by Crippen LogP contribution is -2.41. The van der Waals surface area contributed by atoms with Gasteiger partial charge in [0.25, 0.3) is 0 Å². The first-order valence-corrected chi connectivity index (χ1v) is 37.6. The summed E-state index contributed by atoms with van der Waals surface area (Å²) in [6.45, 7) is 13.9. The molecule has 0 saturated carbocycles. The first kappa shape index (κ1) is 98.0. The highest BCUT2D eigenvalue weighted by molar-refractivity contribution is 5.80. The maximum absolute atomic E-state index is 13.4. The number of carbonyl (C=O) groups is 12. The SMILES string of the molecule is NCCNC(=O)CCN(CCNC(=O)CCN(CCCNCCCN(CCC(=O)NCCN(CCC(=O)NCCN)CCC(=O)NCCN)CCC(=O)NCCN(CCC(=O)NCCN)CCC(=O)NCCN)CCC(=O)NCCN(CCC(=O)NCCN)CCC(=O)NCCN)CCC(=O)NCCN. The molecule has 0 heterocycles. The molecule has 608 valence electrons. The van der Waals surface area contributed by atoms with Crippen LogP contribution in [0.1, 0.15) is 89.9 Å². The van der Waals surface area contributed by atoms with Gasteiger partial charge in [-0.1, -0.05) is 0 Å². The second-order valence-electron chi connectivity index (χ2n) is 25.0. The molecule has 0 fully saturated rings. The van der Waals surface area contributed by atoms with Gasteiger partial charge in [0.2, 0.25) is 70.9 Å². The molecule has 0 unspecified atom stereocenters. The van der Waals surface area contributed by atoms with E-state index in [0.717, 1.165) is 0 Å². The molecule has 0 aliphatic rings. The maximum Gasteiger partial charge on any atom is 0.221 e. The molecule has 39 heteroatoms. The van der Waals surface area contributed by atoms with E-state index in [1.807, 2.05) is 29.4 Å². The number of rotatable bonds is 72. The minimum absolute atomic E-state index is 0.117. The zero-order valence-electron chi connectivity index (χ0n) is 62.9. The van der Waals surface area contributed by atoms with Gasteiger partial charge < -0.3 is 144 Å². The van der Waals surface area contributed by atoms with Crippen molar-refractivity contribution in [3.05, 3.63) is 0 Å². The number of nitrogens with one attached hydrogen (secondary N) is 13. The molecule has 0 spiro atoms. The van der Waals surface area contributed by atoms with Crippen molar-refractivity contribution in [2.45, 2.75) is 89.9 Å². The molecule has 105 heavy (non-hydrogen) atoms. The summed E-state index contributed by atoms with van der Waals surface area (Å²) < 4.78 is 0. The molecule has 0 aliphatic heterocycles. The Morgan fingerprint density at radius 2 is 0.286 bits per heavy atom. The monoisotopic (exact) mass is 1500 g/mol. The second-order valence-corrected chi connectivity index (χ2v) is 25.0. The predicted octanol–water partition coefficient (Wildman–Crippen LogP) is -11.1. The smallest absolute Gasteiger partial charge is 0.221 e. The van der Waals surface area contributed by atoms with E-state index in [0.29, 0.717) is 248 Å². The Balaban J connectivity index is 6.30. The van der Waals surface area contributed by atoms with Gasteiger partial charge in [-0.15, -0.1) is 0 Å². The van der Waals surface area contributed by atoms with Crippen LogP contribution in [0.15, 0.2) is 0 Å². The third kappa shape index (κ3) is 61.9. The van der Waals surface area contributed by atoms with Crippen LogP contribution in [0.4, 0.5) is 0 Å². The van der Waals surface area contributed by atoms with Gasteiger partial charge in [0.15, 0.2) is 0 Å². The van der Waals surface area contributed by atoms with Crippen molar-refractivity contribution < 1.29 is 57.5 Å². The molecule has 29 N–H and O–H groups in total. The normalized spacial score (nSPS) is 11.3. The fraction of sp³-hybridized carbons (Fsp3) is 0.818. The van der Waals surface area contributed by atoms with Crippen molar-refractivity contribution in [3.8, 4) is 0 Å². The highest BCUT2D eigenvalue weighted by Gasteiger charge is 2.19. The van der Waals surface area contributed by atoms with E-state index >= 15 is 0 Å². The van der Waals surface area contributed by atoms with E-state index in [1.165, 1.54) is 0 Å². The summed E-state index contributed by atoms with van der Waals surface area (Å²) in [6, 6.07) is 0. The molecule has 0 aliphatic carbocycles. The Morgan fingerprint density at radius 3 is 0.419 bits per heavy atom. The molecular weight excluding hydrogens is 1360 g/mol. The standard InChI is InChI=1S/C66H137N27O12/c67-15-25-76-55(94)7-43-90(44-8-56(95)77-26-16-68)51-33-84-63(102)3-39-88(40-4-64(103)85-34-52-91(45-9-57(96)78-27-17-69)46-10-58(97)79-28-18-70)37-1-23-75-24-2-38-89(41-5-65(104)86-35-53-92(47-11-59(98)80-29-19-71)48-12-60(99)81-30-20-72)42-6-66(105)87-36-54-93(49-13-61(100)82-31-21-73)50-14-62(101)83-32-22-74/h75H,1-54,67-74H2,(H,76,94)(H,77,95)(H,78,96)(H,79,97)(H,80,98)(H,81,99)(H,82,100)(H,83,101)(H,84,102)(H,85,103)(H,86,104)(H,87,105). The van der Waals surface area contributed by atoms with Crippen LogP contribution in [0, 0.1) is 0 Å². The van der Waals surface area contributed by atoms with Crippen LogP contribution >= 0.6 is 0 Å². The maximum atomic E-state index is 13.4. The molecule has 0 aromatic heterocycles. The Bertz CT molecular complexity index is 1980. The fourth-order valence-electron chi connectivity index (χ4n) is 10.3. The van der Waals surface area contributed by atoms with Crippen molar-refractivity contribution in [1.29, 1.82) is 0 Å². The molecule has 0 saturated heterocycles. The lowest BCUT2D eigenvalue weighted by Gasteiger charge is -2.24. The molecule has 12 amide bonds. The Hall–Kier alpha value is -6.96. The van der Waals surface area contributed by atoms with Crippen LogP contribution in [-0.4, -0.2) is 362 Å². The van der Waals surface area contributed by atoms with Gasteiger partial charge in [0.05, 0.1) is 0 Å². The number of hydrogen-bond donors (Lipinski definition) is 21. The summed E-state index contributed by atoms with van der Waals surface area (Å²) in [5.41, 5.74) is 44.4. The van der Waals surface area contributed by atoms with Gasteiger partial charge in [0.1, 0.15) is 0 Å². The van der Waals surface area contributed by atoms with Crippen molar-refractivity contribution in [3.63, 3.8) is 0 Å². The van der Waals surface area contributed by atoms with Crippen LogP contribution in [0.3, 0.4) is 0 Å². The summed E-state index contributed by atoms with van der Waals surface area (Å²) in [6.07, 6.45) is 3.16. The third-order valence-electron chi connectivity index (χ3n) is 16.2. The average molecular weight is 1500 g/mol. The zero-order valence-corrected chi connectivity index (χ0v) is 62.9. The van der Waals surface area contributed by atoms with E-state index in [2.05, 4.69) is 69.1 Å². The van der Waals surface area contributed by atoms with Gasteiger partial charge in [-0.05, 0) is 39.0 Å². The summed E-state index contributed by atoms with van der Waals surface area (Å²) in [4.78, 5) is 165. The van der Waals surface area contributed by atoms with E-state index in [9.17, 15) is 57.5 Å². The van der Waals surface area contributed by atoms with Crippen LogP contribution in [0.25, 0.3) is 0 Å². The number of nitrogens with zero attached hydrogens (tertiary/aromatic N) is 6. The highest BCUT2D eigenvalue weighted by atomic mass is 16.2. The van der Waals surface area contributed by atoms with Gasteiger partial charge in [-0.25, -0.2) is 0 Å². The minimum atomic E-state index is -0.224. The van der Waals surface area contributed by atoms with Crippen LogP contribution in [-0.2, 0) is 57.5 Å². The number of nitrogens with two attached hydrogens (primary N) is 8. The van der Waals surface area contributed by atoms with Crippen LogP contribution in [0.2, 0.25) is 0 Å². The van der Waals surface area contributed by atoms with Crippen LogP contribution < -0.4 is 115 Å². The van der Waals surface area contributed by atoms with Crippen LogP contribution in [0.5, 0.6) is 0 Å². The van der Waals surface area contributed by atoms with E-state index in [-0.39, 0.29) is 174 Å². The Morgan fingerprint density at radius 1 is 0.162 bits per heavy atom. The van der Waals surface area contributed by atoms with E-state index in [1.54, 1.807) is 0 Å². The minimum Gasteiger partial charge on any atom is -0.355 e. The number of hydrogen-bond acceptors (Lipinski definition) is 27. The van der Waals surface area contributed by atoms with Gasteiger partial charge >= 0.3 is 0 Å². The average Bonchev–Trinajstić information content (AvgIpc) is 1.98. The fourth-order valence-corrected chi connectivity index (χ4v) is 10.3. The zero-order chi connectivity index (χ0) is 77.8. The predicted molar refractivity (Wildman–Crippen MR) is 405 cm³/mol. The summed E-state index contributed by atoms with van der Waals surface area (Å²) in [5, 5.41) is 37.3. The molecule has 0 aromatic rings. The molecule has 0 bridgehead atoms. The lowest BCUT2D eigenvalue weighted by atomic mass is 10.2. The molecule has 0 rings (SSSR count). The molecule has 0 atom stereocenters. The molecule has 0 radical (unpaired) electrons. The quantitative estimate of drug-likeness (QED) is 0.0251. The van der Waals surface area contributed by atoms with Crippen molar-refractivity contribution >= 4 is 70.9 Å². The molecular formula is C66H137N27O12. The molecule has 39 nitrogen and oxygen atoms in total. The molecule has 0 aromatic carbocycles. The van der Waals surface area contributed by atoms with E-state index < -0.39 is 0 Å². The van der Waals surface area contributed by atoms with Gasteiger partial charge in [0, 0.05) is 313 Å². The summed E-state index contributed by atoms with van der Waals surface area (Å²) >= 11 is 0.